The molecule has 0 saturated carbocycles. The molecule has 3 aromatic rings. The normalized spacial score (nSPS) is 15.9. The van der Waals surface area contributed by atoms with Crippen LogP contribution >= 0.6 is 27.5 Å². The molecule has 1 aliphatic rings. The molecule has 0 fully saturated rings. The topological polar surface area (TPSA) is 58.1 Å². The van der Waals surface area contributed by atoms with Crippen LogP contribution in [0.15, 0.2) is 57.9 Å². The van der Waals surface area contributed by atoms with Crippen LogP contribution in [0.25, 0.3) is 10.9 Å². The molecule has 0 bridgehead atoms. The van der Waals surface area contributed by atoms with Crippen LogP contribution in [-0.4, -0.2) is 24.3 Å². The van der Waals surface area contributed by atoms with E-state index in [9.17, 15) is 4.79 Å². The number of para-hydroxylation sites is 1. The Morgan fingerprint density at radius 2 is 2.07 bits per heavy atom. The van der Waals surface area contributed by atoms with Crippen molar-refractivity contribution in [3.05, 3.63) is 73.9 Å². The quantitative estimate of drug-likeness (QED) is 0.473. The van der Waals surface area contributed by atoms with Crippen LogP contribution in [0, 0.1) is 0 Å². The van der Waals surface area contributed by atoms with Gasteiger partial charge in [0.1, 0.15) is 0 Å². The zero-order valence-corrected chi connectivity index (χ0v) is 17.7. The average Bonchev–Trinajstić information content (AvgIpc) is 2.70. The van der Waals surface area contributed by atoms with Crippen LogP contribution in [0.2, 0.25) is 5.02 Å². The highest BCUT2D eigenvalue weighted by Crippen LogP contribution is 2.37. The summed E-state index contributed by atoms with van der Waals surface area (Å²) in [6.07, 6.45) is 3.78. The molecule has 146 valence electrons. The van der Waals surface area contributed by atoms with Gasteiger partial charge in [-0.2, -0.15) is 0 Å². The summed E-state index contributed by atoms with van der Waals surface area (Å²) in [5.74, 6) is 0. The first-order valence-electron chi connectivity index (χ1n) is 9.44. The van der Waals surface area contributed by atoms with Crippen molar-refractivity contribution in [2.24, 2.45) is 0 Å². The molecule has 1 unspecified atom stereocenters. The third kappa shape index (κ3) is 4.04. The van der Waals surface area contributed by atoms with Gasteiger partial charge in [-0.15, -0.1) is 0 Å². The predicted octanol–water partition coefficient (Wildman–Crippen LogP) is 4.50. The minimum atomic E-state index is 0.0460. The lowest BCUT2D eigenvalue weighted by Gasteiger charge is -2.28. The van der Waals surface area contributed by atoms with Crippen molar-refractivity contribution in [1.82, 2.24) is 9.99 Å². The van der Waals surface area contributed by atoms with Gasteiger partial charge in [-0.3, -0.25) is 9.47 Å². The predicted molar refractivity (Wildman–Crippen MR) is 120 cm³/mol. The minimum absolute atomic E-state index is 0.0460. The number of benzene rings is 2. The first kappa shape index (κ1) is 19.3. The largest absolute Gasteiger partial charge is 0.383 e. The van der Waals surface area contributed by atoms with Gasteiger partial charge in [0, 0.05) is 41.3 Å². The van der Waals surface area contributed by atoms with Crippen molar-refractivity contribution in [2.45, 2.75) is 18.9 Å². The van der Waals surface area contributed by atoms with E-state index in [0.717, 1.165) is 58.6 Å². The van der Waals surface area contributed by atoms with E-state index in [-0.39, 0.29) is 5.43 Å². The Kier molecular flexibility index (Phi) is 5.90. The fourth-order valence-electron chi connectivity index (χ4n) is 3.67. The van der Waals surface area contributed by atoms with E-state index in [1.807, 2.05) is 35.0 Å². The molecule has 7 heteroatoms. The summed E-state index contributed by atoms with van der Waals surface area (Å²) in [7, 11) is 0. The van der Waals surface area contributed by atoms with Crippen LogP contribution in [0.3, 0.4) is 0 Å². The van der Waals surface area contributed by atoms with Crippen molar-refractivity contribution in [3.8, 4) is 0 Å². The van der Waals surface area contributed by atoms with E-state index in [2.05, 4.69) is 38.1 Å². The van der Waals surface area contributed by atoms with Gasteiger partial charge in [-0.25, -0.2) is 0 Å². The number of nitrogens with zero attached hydrogens (tertiary/aromatic N) is 1. The summed E-state index contributed by atoms with van der Waals surface area (Å²) in [4.78, 5) is 12.0. The third-order valence-corrected chi connectivity index (χ3v) is 5.78. The van der Waals surface area contributed by atoms with Crippen molar-refractivity contribution < 1.29 is 0 Å². The van der Waals surface area contributed by atoms with Crippen molar-refractivity contribution in [2.75, 3.05) is 30.4 Å². The van der Waals surface area contributed by atoms with Gasteiger partial charge in [0.05, 0.1) is 16.2 Å². The SMILES string of the molecule is O=c1ccn(NCCCNC2CCNc3c(Cl)cc(Br)cc32)c2ccccc12. The lowest BCUT2D eigenvalue weighted by atomic mass is 9.98. The monoisotopic (exact) mass is 460 g/mol. The van der Waals surface area contributed by atoms with Crippen molar-refractivity contribution >= 4 is 44.1 Å². The molecule has 0 saturated heterocycles. The highest BCUT2D eigenvalue weighted by atomic mass is 79.9. The van der Waals surface area contributed by atoms with Crippen molar-refractivity contribution in [1.29, 1.82) is 0 Å². The molecule has 28 heavy (non-hydrogen) atoms. The summed E-state index contributed by atoms with van der Waals surface area (Å²) in [5, 5.41) is 8.52. The van der Waals surface area contributed by atoms with Crippen LogP contribution in [0.5, 0.6) is 0 Å². The van der Waals surface area contributed by atoms with E-state index in [4.69, 9.17) is 11.6 Å². The Balaban J connectivity index is 1.35. The molecule has 4 rings (SSSR count). The lowest BCUT2D eigenvalue weighted by molar-refractivity contribution is 0.495. The summed E-state index contributed by atoms with van der Waals surface area (Å²) >= 11 is 9.91. The molecule has 0 amide bonds. The number of pyridine rings is 1. The molecule has 1 atom stereocenters. The van der Waals surface area contributed by atoms with Gasteiger partial charge in [0.2, 0.25) is 0 Å². The van der Waals surface area contributed by atoms with E-state index >= 15 is 0 Å². The van der Waals surface area contributed by atoms with Gasteiger partial charge in [0.15, 0.2) is 5.43 Å². The zero-order chi connectivity index (χ0) is 19.5. The molecule has 5 nitrogen and oxygen atoms in total. The summed E-state index contributed by atoms with van der Waals surface area (Å²) in [6.45, 7) is 2.60. The van der Waals surface area contributed by atoms with Crippen LogP contribution in [-0.2, 0) is 0 Å². The van der Waals surface area contributed by atoms with E-state index < -0.39 is 0 Å². The Morgan fingerprint density at radius 1 is 1.21 bits per heavy atom. The molecule has 2 aromatic carbocycles. The fraction of sp³-hybridized carbons (Fsp3) is 0.286. The summed E-state index contributed by atoms with van der Waals surface area (Å²) < 4.78 is 2.92. The zero-order valence-electron chi connectivity index (χ0n) is 15.3. The fourth-order valence-corrected chi connectivity index (χ4v) is 4.57. The highest BCUT2D eigenvalue weighted by molar-refractivity contribution is 9.10. The molecular weight excluding hydrogens is 440 g/mol. The first-order chi connectivity index (χ1) is 13.6. The summed E-state index contributed by atoms with van der Waals surface area (Å²) in [5.41, 5.74) is 6.58. The molecule has 2 heterocycles. The van der Waals surface area contributed by atoms with Gasteiger partial charge in [0.25, 0.3) is 0 Å². The minimum Gasteiger partial charge on any atom is -0.383 e. The third-order valence-electron chi connectivity index (χ3n) is 5.03. The van der Waals surface area contributed by atoms with Gasteiger partial charge in [-0.1, -0.05) is 39.7 Å². The molecule has 1 aliphatic heterocycles. The number of aromatic nitrogens is 1. The number of halogens is 2. The molecule has 0 aliphatic carbocycles. The molecular formula is C21H22BrClN4O. The molecule has 0 spiro atoms. The second-order valence-corrected chi connectivity index (χ2v) is 8.23. The van der Waals surface area contributed by atoms with E-state index in [1.165, 1.54) is 5.56 Å². The standard InChI is InChI=1S/C21H22BrClN4O/c22-14-12-16-18(6-10-25-21(16)17(23)13-14)24-8-3-9-26-27-11-7-20(28)15-4-1-2-5-19(15)27/h1-2,4-5,7,11-13,18,24-26H,3,6,8-10H2. The maximum absolute atomic E-state index is 12.0. The Labute approximate surface area is 177 Å². The first-order valence-corrected chi connectivity index (χ1v) is 10.6. The maximum Gasteiger partial charge on any atom is 0.189 e. The molecule has 1 aromatic heterocycles. The number of hydrogen-bond acceptors (Lipinski definition) is 4. The van der Waals surface area contributed by atoms with E-state index in [1.54, 1.807) is 12.3 Å². The average molecular weight is 462 g/mol. The number of anilines is 1. The van der Waals surface area contributed by atoms with Crippen LogP contribution in [0.1, 0.15) is 24.4 Å². The second-order valence-electron chi connectivity index (χ2n) is 6.90. The number of hydrogen-bond donors (Lipinski definition) is 3. The maximum atomic E-state index is 12.0. The Morgan fingerprint density at radius 3 is 2.96 bits per heavy atom. The highest BCUT2D eigenvalue weighted by Gasteiger charge is 2.21. The van der Waals surface area contributed by atoms with Gasteiger partial charge < -0.3 is 16.1 Å². The number of rotatable bonds is 6. The van der Waals surface area contributed by atoms with Crippen LogP contribution in [0.4, 0.5) is 5.69 Å². The Bertz CT molecular complexity index is 1050. The Hall–Kier alpha value is -2.02. The van der Waals surface area contributed by atoms with Gasteiger partial charge >= 0.3 is 0 Å². The van der Waals surface area contributed by atoms with Crippen LogP contribution < -0.4 is 21.5 Å². The lowest BCUT2D eigenvalue weighted by Crippen LogP contribution is -2.30. The van der Waals surface area contributed by atoms with Crippen molar-refractivity contribution in [3.63, 3.8) is 0 Å². The van der Waals surface area contributed by atoms with E-state index in [0.29, 0.717) is 6.04 Å². The number of nitrogens with one attached hydrogen (secondary N) is 3. The second kappa shape index (κ2) is 8.55. The van der Waals surface area contributed by atoms with Gasteiger partial charge in [-0.05, 0) is 49.2 Å². The molecule has 3 N–H and O–H groups in total. The smallest absolute Gasteiger partial charge is 0.189 e. The summed E-state index contributed by atoms with van der Waals surface area (Å²) in [6, 6.07) is 13.6. The molecule has 0 radical (unpaired) electrons. The number of fused-ring (bicyclic) bond motifs is 2.